The quantitative estimate of drug-likeness (QED) is 0.606. The van der Waals surface area contributed by atoms with Crippen molar-refractivity contribution in [1.82, 2.24) is 4.90 Å². The lowest BCUT2D eigenvalue weighted by Gasteiger charge is -2.20. The van der Waals surface area contributed by atoms with E-state index >= 15 is 0 Å². The maximum absolute atomic E-state index is 11.5. The molecule has 0 aliphatic carbocycles. The fraction of sp³-hybridized carbons (Fsp3) is 0.909. The first-order valence-corrected chi connectivity index (χ1v) is 5.36. The van der Waals surface area contributed by atoms with E-state index in [1.165, 1.54) is 0 Å². The van der Waals surface area contributed by atoms with Crippen LogP contribution in [0.1, 0.15) is 40.5 Å². The predicted molar refractivity (Wildman–Crippen MR) is 56.9 cm³/mol. The van der Waals surface area contributed by atoms with Gasteiger partial charge in [-0.2, -0.15) is 0 Å². The van der Waals surface area contributed by atoms with Crippen LogP contribution in [-0.2, 0) is 4.79 Å². The van der Waals surface area contributed by atoms with E-state index in [2.05, 4.69) is 18.7 Å². The van der Waals surface area contributed by atoms with Gasteiger partial charge in [-0.05, 0) is 25.9 Å². The first-order chi connectivity index (χ1) is 6.11. The summed E-state index contributed by atoms with van der Waals surface area (Å²) < 4.78 is 0. The van der Waals surface area contributed by atoms with E-state index in [9.17, 15) is 4.79 Å². The average molecular weight is 185 g/mol. The third-order valence-corrected chi connectivity index (χ3v) is 2.10. The van der Waals surface area contributed by atoms with Crippen molar-refractivity contribution < 1.29 is 4.79 Å². The molecule has 13 heavy (non-hydrogen) atoms. The summed E-state index contributed by atoms with van der Waals surface area (Å²) in [5.74, 6) is 0.540. The molecule has 0 heterocycles. The Morgan fingerprint density at radius 2 is 1.62 bits per heavy atom. The van der Waals surface area contributed by atoms with E-state index in [1.807, 2.05) is 13.8 Å². The number of rotatable bonds is 7. The lowest BCUT2D eigenvalue weighted by molar-refractivity contribution is -0.123. The summed E-state index contributed by atoms with van der Waals surface area (Å²) in [6, 6.07) is 0. The highest BCUT2D eigenvalue weighted by Gasteiger charge is 2.11. The zero-order valence-electron chi connectivity index (χ0n) is 9.47. The van der Waals surface area contributed by atoms with Gasteiger partial charge < -0.3 is 0 Å². The van der Waals surface area contributed by atoms with E-state index in [0.29, 0.717) is 12.3 Å². The molecular weight excluding hydrogens is 162 g/mol. The molecule has 0 spiro atoms. The number of hydrogen-bond donors (Lipinski definition) is 0. The van der Waals surface area contributed by atoms with Gasteiger partial charge in [0.25, 0.3) is 0 Å². The molecule has 0 fully saturated rings. The van der Waals surface area contributed by atoms with Crippen LogP contribution in [0.2, 0.25) is 0 Å². The van der Waals surface area contributed by atoms with Crippen LogP contribution in [0.15, 0.2) is 0 Å². The fourth-order valence-electron chi connectivity index (χ4n) is 1.31. The molecule has 0 aromatic carbocycles. The SMILES string of the molecule is CCCN(CCC)CC(=O)C(C)C. The minimum Gasteiger partial charge on any atom is -0.298 e. The van der Waals surface area contributed by atoms with Crippen molar-refractivity contribution in [2.45, 2.75) is 40.5 Å². The summed E-state index contributed by atoms with van der Waals surface area (Å²) >= 11 is 0. The van der Waals surface area contributed by atoms with Gasteiger partial charge in [0.2, 0.25) is 0 Å². The molecule has 0 aromatic rings. The summed E-state index contributed by atoms with van der Waals surface area (Å²) in [6.45, 7) is 11.0. The van der Waals surface area contributed by atoms with Gasteiger partial charge in [-0.3, -0.25) is 9.69 Å². The molecule has 2 nitrogen and oxygen atoms in total. The molecule has 0 rings (SSSR count). The van der Waals surface area contributed by atoms with Crippen molar-refractivity contribution >= 4 is 5.78 Å². The molecule has 78 valence electrons. The van der Waals surface area contributed by atoms with Crippen molar-refractivity contribution in [3.8, 4) is 0 Å². The maximum atomic E-state index is 11.5. The highest BCUT2D eigenvalue weighted by Crippen LogP contribution is 2.00. The van der Waals surface area contributed by atoms with Crippen LogP contribution >= 0.6 is 0 Å². The Labute approximate surface area is 82.3 Å². The van der Waals surface area contributed by atoms with Gasteiger partial charge in [0, 0.05) is 5.92 Å². The smallest absolute Gasteiger partial charge is 0.149 e. The molecule has 0 saturated heterocycles. The molecule has 0 saturated carbocycles. The lowest BCUT2D eigenvalue weighted by atomic mass is 10.1. The van der Waals surface area contributed by atoms with Crippen LogP contribution in [0.5, 0.6) is 0 Å². The first-order valence-electron chi connectivity index (χ1n) is 5.36. The Hall–Kier alpha value is -0.370. The van der Waals surface area contributed by atoms with E-state index < -0.39 is 0 Å². The predicted octanol–water partition coefficient (Wildman–Crippen LogP) is 2.33. The molecule has 0 aliphatic rings. The molecule has 0 radical (unpaired) electrons. The van der Waals surface area contributed by atoms with Crippen molar-refractivity contribution in [3.05, 3.63) is 0 Å². The van der Waals surface area contributed by atoms with Crippen molar-refractivity contribution in [2.75, 3.05) is 19.6 Å². The van der Waals surface area contributed by atoms with E-state index in [-0.39, 0.29) is 5.92 Å². The zero-order valence-corrected chi connectivity index (χ0v) is 9.47. The summed E-state index contributed by atoms with van der Waals surface area (Å²) in [6.07, 6.45) is 2.26. The summed E-state index contributed by atoms with van der Waals surface area (Å²) in [7, 11) is 0. The van der Waals surface area contributed by atoms with Gasteiger partial charge in [0.05, 0.1) is 6.54 Å². The average Bonchev–Trinajstić information content (AvgIpc) is 2.05. The monoisotopic (exact) mass is 185 g/mol. The van der Waals surface area contributed by atoms with Crippen molar-refractivity contribution in [1.29, 1.82) is 0 Å². The van der Waals surface area contributed by atoms with Crippen molar-refractivity contribution in [2.24, 2.45) is 5.92 Å². The van der Waals surface area contributed by atoms with Crippen LogP contribution in [0.3, 0.4) is 0 Å². The van der Waals surface area contributed by atoms with Gasteiger partial charge in [0.1, 0.15) is 5.78 Å². The molecule has 0 aromatic heterocycles. The van der Waals surface area contributed by atoms with Gasteiger partial charge >= 0.3 is 0 Å². The van der Waals surface area contributed by atoms with E-state index in [4.69, 9.17) is 0 Å². The summed E-state index contributed by atoms with van der Waals surface area (Å²) in [5, 5.41) is 0. The molecule has 0 bridgehead atoms. The number of carbonyl (C=O) groups excluding carboxylic acids is 1. The zero-order chi connectivity index (χ0) is 10.3. The highest BCUT2D eigenvalue weighted by atomic mass is 16.1. The Morgan fingerprint density at radius 3 is 1.92 bits per heavy atom. The number of carbonyl (C=O) groups is 1. The Balaban J connectivity index is 3.86. The first kappa shape index (κ1) is 12.6. The molecule has 0 unspecified atom stereocenters. The Morgan fingerprint density at radius 1 is 1.15 bits per heavy atom. The third-order valence-electron chi connectivity index (χ3n) is 2.10. The van der Waals surface area contributed by atoms with E-state index in [0.717, 1.165) is 25.9 Å². The van der Waals surface area contributed by atoms with Gasteiger partial charge in [0.15, 0.2) is 0 Å². The second kappa shape index (κ2) is 7.07. The Bertz CT molecular complexity index is 137. The summed E-state index contributed by atoms with van der Waals surface area (Å²) in [4.78, 5) is 13.7. The number of Topliss-reactive ketones (excluding diaryl/α,β-unsaturated/α-hetero) is 1. The largest absolute Gasteiger partial charge is 0.298 e. The second-order valence-corrected chi connectivity index (χ2v) is 3.90. The number of nitrogens with zero attached hydrogens (tertiary/aromatic N) is 1. The Kier molecular flexibility index (Phi) is 6.87. The molecule has 0 atom stereocenters. The second-order valence-electron chi connectivity index (χ2n) is 3.90. The molecule has 0 N–H and O–H groups in total. The third kappa shape index (κ3) is 5.81. The molecule has 0 amide bonds. The lowest BCUT2D eigenvalue weighted by Crippen LogP contribution is -2.33. The normalized spacial score (nSPS) is 11.2. The van der Waals surface area contributed by atoms with E-state index in [1.54, 1.807) is 0 Å². The van der Waals surface area contributed by atoms with Crippen molar-refractivity contribution in [3.63, 3.8) is 0 Å². The van der Waals surface area contributed by atoms with Gasteiger partial charge in [-0.25, -0.2) is 0 Å². The maximum Gasteiger partial charge on any atom is 0.149 e. The number of ketones is 1. The van der Waals surface area contributed by atoms with Crippen LogP contribution in [0.25, 0.3) is 0 Å². The highest BCUT2D eigenvalue weighted by molar-refractivity contribution is 5.82. The summed E-state index contributed by atoms with van der Waals surface area (Å²) in [5.41, 5.74) is 0. The molecule has 2 heteroatoms. The topological polar surface area (TPSA) is 20.3 Å². The van der Waals surface area contributed by atoms with Gasteiger partial charge in [-0.1, -0.05) is 27.7 Å². The van der Waals surface area contributed by atoms with Crippen LogP contribution < -0.4 is 0 Å². The number of hydrogen-bond acceptors (Lipinski definition) is 2. The fourth-order valence-corrected chi connectivity index (χ4v) is 1.31. The van der Waals surface area contributed by atoms with Gasteiger partial charge in [-0.15, -0.1) is 0 Å². The standard InChI is InChI=1S/C11H23NO/c1-5-7-12(8-6-2)9-11(13)10(3)4/h10H,5-9H2,1-4H3. The molecular formula is C11H23NO. The minimum absolute atomic E-state index is 0.177. The van der Waals surface area contributed by atoms with Crippen LogP contribution in [0, 0.1) is 5.92 Å². The minimum atomic E-state index is 0.177. The molecule has 0 aliphatic heterocycles. The van der Waals surface area contributed by atoms with Crippen LogP contribution in [0.4, 0.5) is 0 Å². The van der Waals surface area contributed by atoms with Crippen LogP contribution in [-0.4, -0.2) is 30.3 Å².